The minimum Gasteiger partial charge on any atom is -0.496 e. The topological polar surface area (TPSA) is 35.2 Å². The summed E-state index contributed by atoms with van der Waals surface area (Å²) < 4.78 is 18.5. The molecule has 2 aromatic carbocycles. The summed E-state index contributed by atoms with van der Waals surface area (Å²) in [5.41, 5.74) is 8.92. The molecule has 0 aliphatic carbocycles. The van der Waals surface area contributed by atoms with Crippen LogP contribution >= 0.6 is 0 Å². The van der Waals surface area contributed by atoms with Gasteiger partial charge in [0.25, 0.3) is 0 Å². The molecule has 0 bridgehead atoms. The number of hydrogen-bond acceptors (Lipinski definition) is 2. The zero-order valence-electron chi connectivity index (χ0n) is 10.5. The molecule has 1 atom stereocenters. The molecule has 0 fully saturated rings. The average Bonchev–Trinajstić information content (AvgIpc) is 2.39. The van der Waals surface area contributed by atoms with Crippen LogP contribution in [0, 0.1) is 12.7 Å². The highest BCUT2D eigenvalue weighted by Gasteiger charge is 2.14. The normalized spacial score (nSPS) is 12.2. The molecule has 2 rings (SSSR count). The summed E-state index contributed by atoms with van der Waals surface area (Å²) in [6, 6.07) is 11.9. The van der Waals surface area contributed by atoms with E-state index in [9.17, 15) is 4.39 Å². The predicted octanol–water partition coefficient (Wildman–Crippen LogP) is 3.19. The number of halogens is 1. The number of ether oxygens (including phenoxy) is 1. The molecule has 0 aromatic heterocycles. The lowest BCUT2D eigenvalue weighted by Crippen LogP contribution is -2.13. The third-order valence-electron chi connectivity index (χ3n) is 2.96. The molecule has 0 aliphatic heterocycles. The molecule has 2 N–H and O–H groups in total. The minimum atomic E-state index is -0.392. The summed E-state index contributed by atoms with van der Waals surface area (Å²) in [5.74, 6) is 0.290. The van der Waals surface area contributed by atoms with E-state index in [1.807, 2.05) is 31.2 Å². The van der Waals surface area contributed by atoms with Crippen molar-refractivity contribution in [3.05, 3.63) is 65.0 Å². The number of benzene rings is 2. The zero-order valence-corrected chi connectivity index (χ0v) is 10.5. The van der Waals surface area contributed by atoms with E-state index in [1.165, 1.54) is 12.1 Å². The van der Waals surface area contributed by atoms with Crippen molar-refractivity contribution in [2.75, 3.05) is 7.11 Å². The standard InChI is InChI=1S/C15H16FNO/c1-10-3-5-11(6-4-10)15(17)13-9-12(16)7-8-14(13)18-2/h3-9,15H,17H2,1-2H3. The van der Waals surface area contributed by atoms with E-state index in [2.05, 4.69) is 0 Å². The minimum absolute atomic E-state index is 0.312. The van der Waals surface area contributed by atoms with E-state index in [0.29, 0.717) is 11.3 Å². The van der Waals surface area contributed by atoms with Gasteiger partial charge in [-0.1, -0.05) is 29.8 Å². The zero-order chi connectivity index (χ0) is 13.1. The molecule has 18 heavy (non-hydrogen) atoms. The van der Waals surface area contributed by atoms with Gasteiger partial charge in [-0.2, -0.15) is 0 Å². The Morgan fingerprint density at radius 2 is 1.78 bits per heavy atom. The Kier molecular flexibility index (Phi) is 3.63. The molecule has 0 saturated carbocycles. The Morgan fingerprint density at radius 3 is 2.39 bits per heavy atom. The molecule has 0 amide bonds. The highest BCUT2D eigenvalue weighted by atomic mass is 19.1. The van der Waals surface area contributed by atoms with Gasteiger partial charge >= 0.3 is 0 Å². The van der Waals surface area contributed by atoms with Gasteiger partial charge in [0.15, 0.2) is 0 Å². The second-order valence-corrected chi connectivity index (χ2v) is 4.27. The van der Waals surface area contributed by atoms with Gasteiger partial charge in [-0.3, -0.25) is 0 Å². The molecule has 0 saturated heterocycles. The molecule has 2 nitrogen and oxygen atoms in total. The van der Waals surface area contributed by atoms with Gasteiger partial charge in [-0.05, 0) is 30.7 Å². The third-order valence-corrected chi connectivity index (χ3v) is 2.96. The van der Waals surface area contributed by atoms with Gasteiger partial charge in [-0.15, -0.1) is 0 Å². The Morgan fingerprint density at radius 1 is 1.11 bits per heavy atom. The van der Waals surface area contributed by atoms with Crippen LogP contribution < -0.4 is 10.5 Å². The molecule has 2 aromatic rings. The first-order valence-corrected chi connectivity index (χ1v) is 5.77. The molecule has 3 heteroatoms. The van der Waals surface area contributed by atoms with Gasteiger partial charge < -0.3 is 10.5 Å². The van der Waals surface area contributed by atoms with Crippen LogP contribution in [0.5, 0.6) is 5.75 Å². The monoisotopic (exact) mass is 245 g/mol. The summed E-state index contributed by atoms with van der Waals surface area (Å²) in [5, 5.41) is 0. The van der Waals surface area contributed by atoms with Crippen molar-refractivity contribution in [2.24, 2.45) is 5.73 Å². The van der Waals surface area contributed by atoms with Crippen LogP contribution in [0.25, 0.3) is 0 Å². The van der Waals surface area contributed by atoms with Crippen LogP contribution in [0.15, 0.2) is 42.5 Å². The van der Waals surface area contributed by atoms with E-state index in [-0.39, 0.29) is 5.82 Å². The van der Waals surface area contributed by atoms with E-state index in [4.69, 9.17) is 10.5 Å². The summed E-state index contributed by atoms with van der Waals surface area (Å²) in [6.07, 6.45) is 0. The quantitative estimate of drug-likeness (QED) is 0.901. The first-order valence-electron chi connectivity index (χ1n) is 5.77. The molecular formula is C15H16FNO. The van der Waals surface area contributed by atoms with Crippen LogP contribution in [-0.2, 0) is 0 Å². The highest BCUT2D eigenvalue weighted by Crippen LogP contribution is 2.29. The molecular weight excluding hydrogens is 229 g/mol. The number of aryl methyl sites for hydroxylation is 1. The lowest BCUT2D eigenvalue weighted by molar-refractivity contribution is 0.406. The van der Waals surface area contributed by atoms with E-state index < -0.39 is 6.04 Å². The lowest BCUT2D eigenvalue weighted by Gasteiger charge is -2.16. The van der Waals surface area contributed by atoms with Crippen LogP contribution in [0.3, 0.4) is 0 Å². The fraction of sp³-hybridized carbons (Fsp3) is 0.200. The Labute approximate surface area is 106 Å². The maximum atomic E-state index is 13.3. The lowest BCUT2D eigenvalue weighted by atomic mass is 9.98. The van der Waals surface area contributed by atoms with Gasteiger partial charge in [0.2, 0.25) is 0 Å². The van der Waals surface area contributed by atoms with Crippen molar-refractivity contribution < 1.29 is 9.13 Å². The smallest absolute Gasteiger partial charge is 0.124 e. The first kappa shape index (κ1) is 12.6. The maximum absolute atomic E-state index is 13.3. The van der Waals surface area contributed by atoms with E-state index in [0.717, 1.165) is 11.1 Å². The van der Waals surface area contributed by atoms with Gasteiger partial charge in [-0.25, -0.2) is 4.39 Å². The van der Waals surface area contributed by atoms with E-state index >= 15 is 0 Å². The fourth-order valence-corrected chi connectivity index (χ4v) is 1.90. The summed E-state index contributed by atoms with van der Waals surface area (Å²) in [4.78, 5) is 0. The number of hydrogen-bond donors (Lipinski definition) is 1. The van der Waals surface area contributed by atoms with Crippen LogP contribution in [0.2, 0.25) is 0 Å². The SMILES string of the molecule is COc1ccc(F)cc1C(N)c1ccc(C)cc1. The van der Waals surface area contributed by atoms with Gasteiger partial charge in [0, 0.05) is 5.56 Å². The molecule has 0 radical (unpaired) electrons. The largest absolute Gasteiger partial charge is 0.496 e. The van der Waals surface area contributed by atoms with Crippen molar-refractivity contribution in [3.63, 3.8) is 0 Å². The van der Waals surface area contributed by atoms with Gasteiger partial charge in [0.05, 0.1) is 13.2 Å². The van der Waals surface area contributed by atoms with Crippen molar-refractivity contribution in [2.45, 2.75) is 13.0 Å². The Hall–Kier alpha value is -1.87. The molecule has 0 heterocycles. The fourth-order valence-electron chi connectivity index (χ4n) is 1.90. The maximum Gasteiger partial charge on any atom is 0.124 e. The highest BCUT2D eigenvalue weighted by molar-refractivity contribution is 5.42. The number of rotatable bonds is 3. The summed E-state index contributed by atoms with van der Waals surface area (Å²) >= 11 is 0. The first-order chi connectivity index (χ1) is 8.61. The molecule has 1 unspecified atom stereocenters. The Bertz CT molecular complexity index is 537. The molecule has 0 aliphatic rings. The van der Waals surface area contributed by atoms with Crippen LogP contribution in [-0.4, -0.2) is 7.11 Å². The van der Waals surface area contributed by atoms with Crippen LogP contribution in [0.1, 0.15) is 22.7 Å². The third kappa shape index (κ3) is 2.51. The van der Waals surface area contributed by atoms with Crippen molar-refractivity contribution in [3.8, 4) is 5.75 Å². The van der Waals surface area contributed by atoms with E-state index in [1.54, 1.807) is 13.2 Å². The average molecular weight is 245 g/mol. The summed E-state index contributed by atoms with van der Waals surface area (Å²) in [6.45, 7) is 2.01. The second kappa shape index (κ2) is 5.19. The number of methoxy groups -OCH3 is 1. The van der Waals surface area contributed by atoms with Crippen LogP contribution in [0.4, 0.5) is 4.39 Å². The molecule has 0 spiro atoms. The van der Waals surface area contributed by atoms with Gasteiger partial charge in [0.1, 0.15) is 11.6 Å². The number of nitrogens with two attached hydrogens (primary N) is 1. The summed E-state index contributed by atoms with van der Waals surface area (Å²) in [7, 11) is 1.55. The Balaban J connectivity index is 2.41. The van der Waals surface area contributed by atoms with Crippen molar-refractivity contribution in [1.29, 1.82) is 0 Å². The predicted molar refractivity (Wildman–Crippen MR) is 70.2 cm³/mol. The second-order valence-electron chi connectivity index (χ2n) is 4.27. The van der Waals surface area contributed by atoms with Crippen molar-refractivity contribution >= 4 is 0 Å². The van der Waals surface area contributed by atoms with Crippen molar-refractivity contribution in [1.82, 2.24) is 0 Å². The molecule has 94 valence electrons.